The first-order valence-corrected chi connectivity index (χ1v) is 11.0. The Bertz CT molecular complexity index is 1400. The molecule has 176 valence electrons. The van der Waals surface area contributed by atoms with Crippen molar-refractivity contribution in [2.45, 2.75) is 32.9 Å². The van der Waals surface area contributed by atoms with Crippen molar-refractivity contribution in [3.05, 3.63) is 47.9 Å². The van der Waals surface area contributed by atoms with Crippen molar-refractivity contribution in [3.8, 4) is 6.01 Å². The molecular weight excluding hydrogens is 439 g/mol. The molecule has 1 aliphatic heterocycles. The van der Waals surface area contributed by atoms with E-state index in [1.807, 2.05) is 0 Å². The zero-order valence-electron chi connectivity index (χ0n) is 19.3. The molecule has 4 aromatic heterocycles. The fourth-order valence-corrected chi connectivity index (χ4v) is 4.45. The third-order valence-electron chi connectivity index (χ3n) is 5.75. The summed E-state index contributed by atoms with van der Waals surface area (Å²) in [4.78, 5) is 32.9. The number of fused-ring (bicyclic) bond motifs is 2. The van der Waals surface area contributed by atoms with Crippen molar-refractivity contribution >= 4 is 34.0 Å². The second-order valence-electron chi connectivity index (χ2n) is 8.63. The lowest BCUT2D eigenvalue weighted by atomic mass is 10.1. The predicted octanol–water partition coefficient (Wildman–Crippen LogP) is 2.57. The van der Waals surface area contributed by atoms with Gasteiger partial charge in [0.2, 0.25) is 0 Å². The van der Waals surface area contributed by atoms with E-state index in [1.54, 1.807) is 25.5 Å². The Labute approximate surface area is 195 Å². The number of halogens is 1. The minimum absolute atomic E-state index is 0.141. The summed E-state index contributed by atoms with van der Waals surface area (Å²) < 4.78 is 21.2. The number of rotatable bonds is 4. The molecule has 0 unspecified atom stereocenters. The zero-order chi connectivity index (χ0) is 24.0. The number of nitrogens with zero attached hydrogens (tertiary/aromatic N) is 6. The van der Waals surface area contributed by atoms with Gasteiger partial charge >= 0.3 is 6.01 Å². The van der Waals surface area contributed by atoms with E-state index in [0.717, 1.165) is 13.1 Å². The number of piperazine rings is 1. The van der Waals surface area contributed by atoms with Gasteiger partial charge in [0.1, 0.15) is 5.82 Å². The third-order valence-corrected chi connectivity index (χ3v) is 5.75. The minimum Gasteiger partial charge on any atom is -0.467 e. The highest BCUT2D eigenvalue weighted by atomic mass is 19.1. The molecule has 1 saturated heterocycles. The number of nitrogens with one attached hydrogen (secondary N) is 2. The zero-order valence-corrected chi connectivity index (χ0v) is 19.3. The Morgan fingerprint density at radius 1 is 1.18 bits per heavy atom. The Balaban J connectivity index is 1.54. The monoisotopic (exact) mass is 464 g/mol. The van der Waals surface area contributed by atoms with Crippen LogP contribution in [0.1, 0.15) is 29.9 Å². The summed E-state index contributed by atoms with van der Waals surface area (Å²) in [5.74, 6) is -0.298. The number of pyridine rings is 2. The first kappa shape index (κ1) is 22.0. The first-order chi connectivity index (χ1) is 16.3. The van der Waals surface area contributed by atoms with Crippen LogP contribution in [0, 0.1) is 12.7 Å². The number of methoxy groups -OCH3 is 1. The topological polar surface area (TPSA) is 110 Å². The molecule has 0 radical (unpaired) electrons. The molecule has 1 fully saturated rings. The van der Waals surface area contributed by atoms with Crippen LogP contribution in [0.25, 0.3) is 16.6 Å². The van der Waals surface area contributed by atoms with Gasteiger partial charge in [0, 0.05) is 56.0 Å². The molecular formula is C23H25FN8O2. The number of anilines is 2. The molecule has 0 spiro atoms. The standard InChI is InChI=1S/C23H25FN8O2/c1-12-8-31(9-13(2)27-12)20-16-6-26-23(34-4)30-19(16)17(7-25-20)22(33)29-15-5-18(24)21-28-14(3)10-32(21)11-15/h5-7,10-13,27H,8-9H2,1-4H3,(H,29,33)/t12-,13-/m1/s1. The summed E-state index contributed by atoms with van der Waals surface area (Å²) in [7, 11) is 1.47. The van der Waals surface area contributed by atoms with E-state index >= 15 is 0 Å². The predicted molar refractivity (Wildman–Crippen MR) is 126 cm³/mol. The summed E-state index contributed by atoms with van der Waals surface area (Å²) in [6, 6.07) is 1.93. The number of ether oxygens (including phenoxy) is 1. The summed E-state index contributed by atoms with van der Waals surface area (Å²) >= 11 is 0. The Kier molecular flexibility index (Phi) is 5.48. The van der Waals surface area contributed by atoms with Gasteiger partial charge in [-0.2, -0.15) is 4.98 Å². The lowest BCUT2D eigenvalue weighted by Gasteiger charge is -2.37. The van der Waals surface area contributed by atoms with Crippen molar-refractivity contribution in [3.63, 3.8) is 0 Å². The van der Waals surface area contributed by atoms with Gasteiger partial charge in [-0.1, -0.05) is 0 Å². The lowest BCUT2D eigenvalue weighted by molar-refractivity contribution is 0.102. The molecule has 2 atom stereocenters. The molecule has 4 aromatic rings. The fraction of sp³-hybridized carbons (Fsp3) is 0.348. The second kappa shape index (κ2) is 8.49. The summed E-state index contributed by atoms with van der Waals surface area (Å²) in [5.41, 5.74) is 1.80. The van der Waals surface area contributed by atoms with Crippen LogP contribution in [0.4, 0.5) is 15.9 Å². The number of amides is 1. The molecule has 0 bridgehead atoms. The number of carbonyl (C=O) groups excluding carboxylic acids is 1. The minimum atomic E-state index is -0.532. The highest BCUT2D eigenvalue weighted by Gasteiger charge is 2.26. The quantitative estimate of drug-likeness (QED) is 0.474. The van der Waals surface area contributed by atoms with Crippen LogP contribution in [0.3, 0.4) is 0 Å². The molecule has 2 N–H and O–H groups in total. The van der Waals surface area contributed by atoms with E-state index in [-0.39, 0.29) is 35.0 Å². The maximum absolute atomic E-state index is 14.5. The van der Waals surface area contributed by atoms with E-state index in [4.69, 9.17) is 4.74 Å². The van der Waals surface area contributed by atoms with E-state index in [2.05, 4.69) is 49.3 Å². The molecule has 10 nitrogen and oxygen atoms in total. The summed E-state index contributed by atoms with van der Waals surface area (Å²) in [6.07, 6.45) is 6.41. The third kappa shape index (κ3) is 3.98. The van der Waals surface area contributed by atoms with Crippen LogP contribution in [-0.4, -0.2) is 62.5 Å². The van der Waals surface area contributed by atoms with Gasteiger partial charge < -0.3 is 24.7 Å². The summed E-state index contributed by atoms with van der Waals surface area (Å²) in [5, 5.41) is 6.89. The molecule has 11 heteroatoms. The van der Waals surface area contributed by atoms with Gasteiger partial charge in [-0.3, -0.25) is 4.79 Å². The second-order valence-corrected chi connectivity index (χ2v) is 8.63. The molecule has 5 rings (SSSR count). The lowest BCUT2D eigenvalue weighted by Crippen LogP contribution is -2.54. The van der Waals surface area contributed by atoms with Crippen molar-refractivity contribution in [2.24, 2.45) is 0 Å². The molecule has 0 saturated carbocycles. The van der Waals surface area contributed by atoms with Gasteiger partial charge in [0.25, 0.3) is 5.91 Å². The van der Waals surface area contributed by atoms with Crippen LogP contribution in [0.5, 0.6) is 6.01 Å². The van der Waals surface area contributed by atoms with Crippen molar-refractivity contribution < 1.29 is 13.9 Å². The molecule has 5 heterocycles. The van der Waals surface area contributed by atoms with Crippen LogP contribution in [-0.2, 0) is 0 Å². The van der Waals surface area contributed by atoms with Crippen molar-refractivity contribution in [1.29, 1.82) is 0 Å². The van der Waals surface area contributed by atoms with Crippen LogP contribution in [0.15, 0.2) is 30.9 Å². The number of hydrogen-bond donors (Lipinski definition) is 2. The highest BCUT2D eigenvalue weighted by Crippen LogP contribution is 2.29. The first-order valence-electron chi connectivity index (χ1n) is 11.0. The Hall–Kier alpha value is -3.86. The number of imidazole rings is 1. The van der Waals surface area contributed by atoms with E-state index in [1.165, 1.54) is 23.8 Å². The number of carbonyl (C=O) groups is 1. The number of aromatic nitrogens is 5. The van der Waals surface area contributed by atoms with Crippen LogP contribution < -0.4 is 20.3 Å². The van der Waals surface area contributed by atoms with E-state index < -0.39 is 11.7 Å². The Morgan fingerprint density at radius 3 is 2.68 bits per heavy atom. The largest absolute Gasteiger partial charge is 0.467 e. The average Bonchev–Trinajstić information content (AvgIpc) is 3.18. The SMILES string of the molecule is COc1ncc2c(N3C[C@@H](C)N[C@H](C)C3)ncc(C(=O)Nc3cc(F)c4nc(C)cn4c3)c2n1. The van der Waals surface area contributed by atoms with Crippen LogP contribution in [0.2, 0.25) is 0 Å². The van der Waals surface area contributed by atoms with Crippen LogP contribution >= 0.6 is 0 Å². The smallest absolute Gasteiger partial charge is 0.316 e. The molecule has 0 aromatic carbocycles. The van der Waals surface area contributed by atoms with Gasteiger partial charge in [-0.25, -0.2) is 19.3 Å². The summed E-state index contributed by atoms with van der Waals surface area (Å²) in [6.45, 7) is 7.52. The van der Waals surface area contributed by atoms with Gasteiger partial charge in [-0.05, 0) is 20.8 Å². The van der Waals surface area contributed by atoms with Gasteiger partial charge in [-0.15, -0.1) is 0 Å². The average molecular weight is 465 g/mol. The molecule has 1 aliphatic rings. The fourth-order valence-electron chi connectivity index (χ4n) is 4.45. The number of hydrogen-bond acceptors (Lipinski definition) is 8. The molecule has 34 heavy (non-hydrogen) atoms. The normalized spacial score (nSPS) is 18.4. The molecule has 0 aliphatic carbocycles. The maximum Gasteiger partial charge on any atom is 0.316 e. The van der Waals surface area contributed by atoms with Crippen molar-refractivity contribution in [2.75, 3.05) is 30.4 Å². The highest BCUT2D eigenvalue weighted by molar-refractivity contribution is 6.13. The van der Waals surface area contributed by atoms with E-state index in [9.17, 15) is 9.18 Å². The van der Waals surface area contributed by atoms with E-state index in [0.29, 0.717) is 22.4 Å². The number of aryl methyl sites for hydroxylation is 1. The van der Waals surface area contributed by atoms with Gasteiger partial charge in [0.05, 0.1) is 35.0 Å². The van der Waals surface area contributed by atoms with Crippen molar-refractivity contribution in [1.82, 2.24) is 29.7 Å². The Morgan fingerprint density at radius 2 is 1.94 bits per heavy atom. The maximum atomic E-state index is 14.5. The molecule has 1 amide bonds. The van der Waals surface area contributed by atoms with Gasteiger partial charge in [0.15, 0.2) is 11.5 Å².